The van der Waals surface area contributed by atoms with Crippen LogP contribution in [0.25, 0.3) is 0 Å². The molecule has 2 rings (SSSR count). The Balaban J connectivity index is 2.13. The Labute approximate surface area is 118 Å². The van der Waals surface area contributed by atoms with Crippen molar-refractivity contribution in [1.82, 2.24) is 4.98 Å². The first-order valence-electron chi connectivity index (χ1n) is 6.14. The fourth-order valence-electron chi connectivity index (χ4n) is 1.89. The summed E-state index contributed by atoms with van der Waals surface area (Å²) in [5, 5.41) is 3.94. The summed E-state index contributed by atoms with van der Waals surface area (Å²) in [7, 11) is 1.67. The molecule has 1 N–H and O–H groups in total. The van der Waals surface area contributed by atoms with Gasteiger partial charge < -0.3 is 10.1 Å². The number of aromatic nitrogens is 1. The van der Waals surface area contributed by atoms with E-state index in [2.05, 4.69) is 29.4 Å². The largest absolute Gasteiger partial charge is 0.497 e. The molecule has 0 radical (unpaired) electrons. The number of anilines is 1. The Kier molecular flexibility index (Phi) is 4.27. The summed E-state index contributed by atoms with van der Waals surface area (Å²) < 4.78 is 5.15. The molecule has 1 atom stereocenters. The van der Waals surface area contributed by atoms with Crippen LogP contribution in [0.15, 0.2) is 36.4 Å². The summed E-state index contributed by atoms with van der Waals surface area (Å²) in [5.74, 6) is 0.861. The molecule has 4 heteroatoms. The molecule has 1 aromatic carbocycles. The smallest absolute Gasteiger partial charge is 0.129 e. The Hall–Kier alpha value is -1.74. The number of nitrogens with one attached hydrogen (secondary N) is 1. The quantitative estimate of drug-likeness (QED) is 0.849. The molecule has 1 unspecified atom stereocenters. The van der Waals surface area contributed by atoms with E-state index in [1.165, 1.54) is 5.56 Å². The molecule has 0 spiro atoms. The second-order valence-electron chi connectivity index (χ2n) is 4.41. The number of ether oxygens (including phenoxy) is 1. The number of hydrogen-bond acceptors (Lipinski definition) is 3. The van der Waals surface area contributed by atoms with E-state index in [-0.39, 0.29) is 6.04 Å². The molecule has 0 saturated heterocycles. The highest BCUT2D eigenvalue weighted by atomic mass is 35.5. The Bertz CT molecular complexity index is 555. The van der Waals surface area contributed by atoms with Crippen LogP contribution in [0, 0.1) is 6.92 Å². The van der Waals surface area contributed by atoms with Crippen LogP contribution in [0.2, 0.25) is 5.15 Å². The minimum absolute atomic E-state index is 0.188. The lowest BCUT2D eigenvalue weighted by atomic mass is 10.1. The molecular weight excluding hydrogens is 260 g/mol. The van der Waals surface area contributed by atoms with Gasteiger partial charge in [0.2, 0.25) is 0 Å². The van der Waals surface area contributed by atoms with Gasteiger partial charge in [0, 0.05) is 6.04 Å². The van der Waals surface area contributed by atoms with E-state index in [9.17, 15) is 0 Å². The summed E-state index contributed by atoms with van der Waals surface area (Å²) in [6.07, 6.45) is 0. The van der Waals surface area contributed by atoms with Gasteiger partial charge >= 0.3 is 0 Å². The monoisotopic (exact) mass is 276 g/mol. The zero-order chi connectivity index (χ0) is 13.8. The molecule has 1 heterocycles. The minimum Gasteiger partial charge on any atom is -0.497 e. The third-order valence-corrected chi connectivity index (χ3v) is 3.25. The number of rotatable bonds is 4. The lowest BCUT2D eigenvalue weighted by Gasteiger charge is -2.17. The number of hydrogen-bond donors (Lipinski definition) is 1. The van der Waals surface area contributed by atoms with Crippen molar-refractivity contribution in [3.05, 3.63) is 52.8 Å². The van der Waals surface area contributed by atoms with E-state index in [0.717, 1.165) is 17.1 Å². The maximum absolute atomic E-state index is 5.85. The normalized spacial score (nSPS) is 12.0. The van der Waals surface area contributed by atoms with Gasteiger partial charge in [-0.2, -0.15) is 0 Å². The van der Waals surface area contributed by atoms with E-state index in [0.29, 0.717) is 5.15 Å². The van der Waals surface area contributed by atoms with Crippen molar-refractivity contribution in [2.45, 2.75) is 19.9 Å². The summed E-state index contributed by atoms with van der Waals surface area (Å²) in [5.41, 5.74) is 3.08. The van der Waals surface area contributed by atoms with Crippen LogP contribution < -0.4 is 10.1 Å². The molecule has 100 valence electrons. The Morgan fingerprint density at radius 3 is 2.42 bits per heavy atom. The van der Waals surface area contributed by atoms with Crippen molar-refractivity contribution in [2.75, 3.05) is 12.4 Å². The van der Waals surface area contributed by atoms with Crippen molar-refractivity contribution in [3.63, 3.8) is 0 Å². The molecule has 0 bridgehead atoms. The first-order valence-corrected chi connectivity index (χ1v) is 6.51. The number of benzene rings is 1. The highest BCUT2D eigenvalue weighted by Gasteiger charge is 2.08. The summed E-state index contributed by atoms with van der Waals surface area (Å²) in [6, 6.07) is 11.9. The van der Waals surface area contributed by atoms with E-state index < -0.39 is 0 Å². The molecular formula is C15H17ClN2O. The van der Waals surface area contributed by atoms with Crippen molar-refractivity contribution < 1.29 is 4.74 Å². The van der Waals surface area contributed by atoms with Crippen LogP contribution in [-0.2, 0) is 0 Å². The average Bonchev–Trinajstić information content (AvgIpc) is 2.42. The lowest BCUT2D eigenvalue weighted by molar-refractivity contribution is 0.414. The molecule has 0 saturated carbocycles. The van der Waals surface area contributed by atoms with E-state index in [4.69, 9.17) is 16.3 Å². The van der Waals surface area contributed by atoms with E-state index in [1.54, 1.807) is 13.2 Å². The van der Waals surface area contributed by atoms with Crippen molar-refractivity contribution >= 4 is 17.3 Å². The predicted octanol–water partition coefficient (Wildman–Crippen LogP) is 4.23. The number of nitrogens with zero attached hydrogens (tertiary/aromatic N) is 1. The molecule has 2 aromatic rings. The van der Waals surface area contributed by atoms with Gasteiger partial charge in [-0.1, -0.05) is 23.7 Å². The molecule has 3 nitrogen and oxygen atoms in total. The van der Waals surface area contributed by atoms with Gasteiger partial charge in [0.05, 0.1) is 18.5 Å². The highest BCUT2D eigenvalue weighted by Crippen LogP contribution is 2.23. The second-order valence-corrected chi connectivity index (χ2v) is 4.79. The van der Waals surface area contributed by atoms with Crippen molar-refractivity contribution in [1.29, 1.82) is 0 Å². The van der Waals surface area contributed by atoms with Gasteiger partial charge in [0.25, 0.3) is 0 Å². The number of pyridine rings is 1. The molecule has 0 fully saturated rings. The number of methoxy groups -OCH3 is 1. The van der Waals surface area contributed by atoms with Crippen LogP contribution in [0.1, 0.15) is 24.2 Å². The minimum atomic E-state index is 0.188. The first-order chi connectivity index (χ1) is 9.10. The fraction of sp³-hybridized carbons (Fsp3) is 0.267. The predicted molar refractivity (Wildman–Crippen MR) is 79.0 cm³/mol. The second kappa shape index (κ2) is 5.93. The maximum Gasteiger partial charge on any atom is 0.129 e. The van der Waals surface area contributed by atoms with Crippen LogP contribution in [0.5, 0.6) is 5.75 Å². The van der Waals surface area contributed by atoms with Gasteiger partial charge in [-0.25, -0.2) is 4.98 Å². The number of aryl methyl sites for hydroxylation is 1. The van der Waals surface area contributed by atoms with Gasteiger partial charge in [-0.05, 0) is 43.7 Å². The SMILES string of the molecule is COc1ccc(C(C)Nc2ccc(Cl)nc2C)cc1. The van der Waals surface area contributed by atoms with Crippen molar-refractivity contribution in [3.8, 4) is 5.75 Å². The molecule has 0 amide bonds. The molecule has 0 aliphatic carbocycles. The van der Waals surface area contributed by atoms with Crippen LogP contribution >= 0.6 is 11.6 Å². The molecule has 0 aliphatic rings. The zero-order valence-electron chi connectivity index (χ0n) is 11.3. The fourth-order valence-corrected chi connectivity index (χ4v) is 2.08. The third-order valence-electron chi connectivity index (χ3n) is 3.04. The van der Waals surface area contributed by atoms with Gasteiger partial charge in [0.1, 0.15) is 10.9 Å². The van der Waals surface area contributed by atoms with E-state index in [1.807, 2.05) is 25.1 Å². The topological polar surface area (TPSA) is 34.1 Å². The lowest BCUT2D eigenvalue weighted by Crippen LogP contribution is -2.08. The van der Waals surface area contributed by atoms with Crippen LogP contribution in [-0.4, -0.2) is 12.1 Å². The van der Waals surface area contributed by atoms with Gasteiger partial charge in [0.15, 0.2) is 0 Å². The molecule has 0 aliphatic heterocycles. The first kappa shape index (κ1) is 13.7. The summed E-state index contributed by atoms with van der Waals surface area (Å²) in [6.45, 7) is 4.05. The highest BCUT2D eigenvalue weighted by molar-refractivity contribution is 6.29. The van der Waals surface area contributed by atoms with Crippen molar-refractivity contribution in [2.24, 2.45) is 0 Å². The van der Waals surface area contributed by atoms with Crippen LogP contribution in [0.4, 0.5) is 5.69 Å². The number of halogens is 1. The Morgan fingerprint density at radius 1 is 1.16 bits per heavy atom. The maximum atomic E-state index is 5.85. The standard InChI is InChI=1S/C15H17ClN2O/c1-10(12-4-6-13(19-3)7-5-12)17-14-8-9-15(16)18-11(14)2/h4-10,17H,1-3H3. The van der Waals surface area contributed by atoms with Gasteiger partial charge in [-0.15, -0.1) is 0 Å². The summed E-state index contributed by atoms with van der Waals surface area (Å²) >= 11 is 5.85. The van der Waals surface area contributed by atoms with E-state index >= 15 is 0 Å². The molecule has 19 heavy (non-hydrogen) atoms. The average molecular weight is 277 g/mol. The summed E-state index contributed by atoms with van der Waals surface area (Å²) in [4.78, 5) is 4.23. The Morgan fingerprint density at radius 2 is 1.84 bits per heavy atom. The molecule has 1 aromatic heterocycles. The third kappa shape index (κ3) is 3.38. The van der Waals surface area contributed by atoms with Gasteiger partial charge in [-0.3, -0.25) is 0 Å². The van der Waals surface area contributed by atoms with Crippen LogP contribution in [0.3, 0.4) is 0 Å². The zero-order valence-corrected chi connectivity index (χ0v) is 12.0.